The van der Waals surface area contributed by atoms with E-state index in [4.69, 9.17) is 23.4 Å². The third-order valence-electron chi connectivity index (χ3n) is 7.24. The normalized spacial score (nSPS) is 32.9. The first kappa shape index (κ1) is 30.9. The minimum absolute atomic E-state index is 0.0123. The smallest absolute Gasteiger partial charge is 0.229 e. The lowest BCUT2D eigenvalue weighted by molar-refractivity contribution is -0.282. The van der Waals surface area contributed by atoms with Gasteiger partial charge in [-0.3, -0.25) is 4.79 Å². The highest BCUT2D eigenvalue weighted by molar-refractivity contribution is 5.89. The first-order valence-corrected chi connectivity index (χ1v) is 13.0. The maximum atomic E-state index is 13.2. The summed E-state index contributed by atoms with van der Waals surface area (Å²) in [5, 5.41) is 101. The number of aliphatic hydroxyl groups is 8. The number of phenolic OH excluding ortho intramolecular Hbond substituents is 2. The summed E-state index contributed by atoms with van der Waals surface area (Å²) in [7, 11) is 0. The van der Waals surface area contributed by atoms with Gasteiger partial charge >= 0.3 is 0 Å². The number of benzene rings is 2. The molecule has 0 radical (unpaired) electrons. The number of hydrogen-bond donors (Lipinski definition) is 10. The van der Waals surface area contributed by atoms with Crippen LogP contribution in [0.2, 0.25) is 0 Å². The van der Waals surface area contributed by atoms with Gasteiger partial charge in [0, 0.05) is 17.7 Å². The van der Waals surface area contributed by atoms with Gasteiger partial charge < -0.3 is 74.4 Å². The van der Waals surface area contributed by atoms with Crippen molar-refractivity contribution in [3.05, 3.63) is 46.6 Å². The maximum absolute atomic E-state index is 13.2. The first-order chi connectivity index (χ1) is 20.4. The van der Waals surface area contributed by atoms with Crippen LogP contribution in [-0.4, -0.2) is 126 Å². The zero-order chi connectivity index (χ0) is 31.2. The second kappa shape index (κ2) is 12.2. The number of aliphatic hydroxyl groups excluding tert-OH is 8. The van der Waals surface area contributed by atoms with E-state index in [0.29, 0.717) is 5.56 Å². The summed E-state index contributed by atoms with van der Waals surface area (Å²) in [5.41, 5.74) is -0.692. The number of rotatable bonds is 7. The summed E-state index contributed by atoms with van der Waals surface area (Å²) in [6, 6.07) is 7.71. The Balaban J connectivity index is 1.62. The molecule has 2 aliphatic rings. The summed E-state index contributed by atoms with van der Waals surface area (Å²) in [4.78, 5) is 13.2. The van der Waals surface area contributed by atoms with Gasteiger partial charge in [0.1, 0.15) is 71.3 Å². The van der Waals surface area contributed by atoms with Gasteiger partial charge in [-0.2, -0.15) is 0 Å². The highest BCUT2D eigenvalue weighted by Crippen LogP contribution is 2.45. The van der Waals surface area contributed by atoms with E-state index < -0.39 is 103 Å². The number of fused-ring (bicyclic) bond motifs is 1. The van der Waals surface area contributed by atoms with Crippen molar-refractivity contribution in [2.24, 2.45) is 0 Å². The van der Waals surface area contributed by atoms with Crippen molar-refractivity contribution < 1.29 is 74.4 Å². The lowest BCUT2D eigenvalue weighted by Crippen LogP contribution is -2.60. The Morgan fingerprint density at radius 2 is 1.23 bits per heavy atom. The van der Waals surface area contributed by atoms with Crippen molar-refractivity contribution in [3.63, 3.8) is 0 Å². The minimum Gasteiger partial charge on any atom is -0.508 e. The molecule has 0 aliphatic carbocycles. The second-order valence-corrected chi connectivity index (χ2v) is 10.1. The van der Waals surface area contributed by atoms with E-state index in [1.807, 2.05) is 0 Å². The molecule has 16 heteroatoms. The van der Waals surface area contributed by atoms with E-state index >= 15 is 0 Å². The van der Waals surface area contributed by atoms with Crippen LogP contribution < -0.4 is 14.9 Å². The zero-order valence-electron chi connectivity index (χ0n) is 22.1. The van der Waals surface area contributed by atoms with Crippen LogP contribution in [0, 0.1) is 0 Å². The molecule has 10 atom stereocenters. The molecule has 43 heavy (non-hydrogen) atoms. The summed E-state index contributed by atoms with van der Waals surface area (Å²) in [6.07, 6.45) is -17.5. The van der Waals surface area contributed by atoms with Crippen LogP contribution in [0.5, 0.6) is 23.0 Å². The molecular formula is C27H30O16. The van der Waals surface area contributed by atoms with Gasteiger partial charge in [-0.15, -0.1) is 0 Å². The van der Waals surface area contributed by atoms with Crippen LogP contribution in [0.15, 0.2) is 45.6 Å². The molecule has 0 bridgehead atoms. The predicted molar refractivity (Wildman–Crippen MR) is 140 cm³/mol. The third kappa shape index (κ3) is 5.73. The fraction of sp³-hybridized carbons (Fsp3) is 0.444. The van der Waals surface area contributed by atoms with Crippen molar-refractivity contribution in [2.45, 2.75) is 61.4 Å². The maximum Gasteiger partial charge on any atom is 0.229 e. The second-order valence-electron chi connectivity index (χ2n) is 10.1. The number of ether oxygens (including phenoxy) is 4. The molecule has 0 amide bonds. The van der Waals surface area contributed by atoms with Crippen LogP contribution in [0.25, 0.3) is 22.3 Å². The molecule has 2 saturated heterocycles. The van der Waals surface area contributed by atoms with Gasteiger partial charge in [0.25, 0.3) is 0 Å². The van der Waals surface area contributed by atoms with E-state index in [2.05, 4.69) is 0 Å². The summed E-state index contributed by atoms with van der Waals surface area (Å²) in [6.45, 7) is -1.58. The van der Waals surface area contributed by atoms with Crippen LogP contribution in [0.4, 0.5) is 0 Å². The monoisotopic (exact) mass is 610 g/mol. The Morgan fingerprint density at radius 3 is 1.77 bits per heavy atom. The van der Waals surface area contributed by atoms with Crippen LogP contribution in [-0.2, 0) is 9.47 Å². The van der Waals surface area contributed by atoms with Gasteiger partial charge in [-0.25, -0.2) is 0 Å². The van der Waals surface area contributed by atoms with E-state index in [1.54, 1.807) is 0 Å². The summed E-state index contributed by atoms with van der Waals surface area (Å²) < 4.78 is 27.8. The molecule has 5 rings (SSSR count). The highest BCUT2D eigenvalue weighted by Gasteiger charge is 2.47. The van der Waals surface area contributed by atoms with E-state index in [1.165, 1.54) is 24.3 Å². The summed E-state index contributed by atoms with van der Waals surface area (Å²) >= 11 is 0. The van der Waals surface area contributed by atoms with Gasteiger partial charge in [0.2, 0.25) is 18.3 Å². The van der Waals surface area contributed by atoms with E-state index in [0.717, 1.165) is 12.1 Å². The largest absolute Gasteiger partial charge is 0.508 e. The number of phenols is 2. The lowest BCUT2D eigenvalue weighted by atomic mass is 9.99. The summed E-state index contributed by atoms with van der Waals surface area (Å²) in [5.74, 6) is -2.19. The number of aromatic hydroxyl groups is 2. The highest BCUT2D eigenvalue weighted by atomic mass is 16.7. The Kier molecular flexibility index (Phi) is 8.77. The standard InChI is InChI=1S/C27H30O16/c28-7-15-18(32)21(35)23(37)26(41-15)40-14-6-13-17(11(31)5-12(39-13)9-1-3-10(30)4-2-9)20(34)25(14)43-27-24(38)22(36)19(33)16(8-29)42-27/h1-6,15-16,18-19,21-24,26-30,32-38H,7-8H2/t15-,16-,18+,19+,21+,22+,23+,24-,26+,27-/m0/s1. The fourth-order valence-corrected chi connectivity index (χ4v) is 4.80. The van der Waals surface area contributed by atoms with E-state index in [-0.39, 0.29) is 17.1 Å². The van der Waals surface area contributed by atoms with Gasteiger partial charge in [-0.05, 0) is 24.3 Å². The zero-order valence-corrected chi connectivity index (χ0v) is 22.1. The van der Waals surface area contributed by atoms with Gasteiger partial charge in [0.05, 0.1) is 13.2 Å². The van der Waals surface area contributed by atoms with Crippen LogP contribution in [0.3, 0.4) is 0 Å². The van der Waals surface area contributed by atoms with Crippen molar-refractivity contribution >= 4 is 11.0 Å². The molecule has 0 saturated carbocycles. The fourth-order valence-electron chi connectivity index (χ4n) is 4.80. The minimum atomic E-state index is -1.94. The molecule has 2 fully saturated rings. The molecule has 3 heterocycles. The van der Waals surface area contributed by atoms with Crippen LogP contribution in [0.1, 0.15) is 0 Å². The topological polar surface area (TPSA) is 269 Å². The predicted octanol–water partition coefficient (Wildman–Crippen LogP) is -2.77. The molecular weight excluding hydrogens is 580 g/mol. The molecule has 16 nitrogen and oxygen atoms in total. The molecule has 1 aromatic heterocycles. The Bertz CT molecular complexity index is 1490. The Morgan fingerprint density at radius 1 is 0.698 bits per heavy atom. The SMILES string of the molecule is O=c1cc(-c2ccc(O)cc2)oc2cc(O[C@@H]3O[C@@H](CO)[C@@H](O)[C@@H](O)[C@H]3O)c(O[C@@H]3O[C@@H](CO)[C@@H](O)[C@@H](O)[C@@H]3O)c(O)c12. The number of hydrogen-bond acceptors (Lipinski definition) is 16. The molecule has 3 aromatic rings. The average Bonchev–Trinajstić information content (AvgIpc) is 2.99. The van der Waals surface area contributed by atoms with Crippen molar-refractivity contribution in [1.82, 2.24) is 0 Å². The lowest BCUT2D eigenvalue weighted by Gasteiger charge is -2.41. The Labute approximate surface area is 241 Å². The first-order valence-electron chi connectivity index (χ1n) is 13.0. The molecule has 2 aromatic carbocycles. The Hall–Kier alpha value is -3.55. The third-order valence-corrected chi connectivity index (χ3v) is 7.24. The average molecular weight is 611 g/mol. The molecule has 234 valence electrons. The van der Waals surface area contributed by atoms with Gasteiger partial charge in [0.15, 0.2) is 16.9 Å². The molecule has 2 aliphatic heterocycles. The molecule has 10 N–H and O–H groups in total. The van der Waals surface area contributed by atoms with Gasteiger partial charge in [-0.1, -0.05) is 0 Å². The van der Waals surface area contributed by atoms with Crippen molar-refractivity contribution in [2.75, 3.05) is 13.2 Å². The van der Waals surface area contributed by atoms with Crippen molar-refractivity contribution in [1.29, 1.82) is 0 Å². The molecule has 0 spiro atoms. The van der Waals surface area contributed by atoms with Crippen LogP contribution >= 0.6 is 0 Å². The quantitative estimate of drug-likeness (QED) is 0.130. The molecule has 0 unspecified atom stereocenters. The van der Waals surface area contributed by atoms with E-state index in [9.17, 15) is 55.9 Å². The van der Waals surface area contributed by atoms with Crippen molar-refractivity contribution in [3.8, 4) is 34.3 Å².